The van der Waals surface area contributed by atoms with Gasteiger partial charge in [-0.15, -0.1) is 0 Å². The van der Waals surface area contributed by atoms with Gasteiger partial charge in [0, 0.05) is 31.9 Å². The van der Waals surface area contributed by atoms with Gasteiger partial charge in [0.05, 0.1) is 34.2 Å². The van der Waals surface area contributed by atoms with E-state index in [0.29, 0.717) is 13.1 Å². The zero-order chi connectivity index (χ0) is 44.9. The minimum atomic E-state index is -0.327. The average Bonchev–Trinajstić information content (AvgIpc) is 4.19. The molecule has 0 radical (unpaired) electrons. The number of amides is 2. The number of anilines is 1. The van der Waals surface area contributed by atoms with Crippen molar-refractivity contribution in [3.63, 3.8) is 0 Å². The molecule has 0 unspecified atom stereocenters. The molecular formula is C54H63N9O2. The molecule has 2 saturated heterocycles. The van der Waals surface area contributed by atoms with Crippen LogP contribution in [0.15, 0.2) is 127 Å². The molecule has 0 spiro atoms. The first kappa shape index (κ1) is 43.9. The quantitative estimate of drug-likeness (QED) is 0.0939. The van der Waals surface area contributed by atoms with E-state index in [0.717, 1.165) is 127 Å². The number of imidazole rings is 2. The number of hydrogen-bond acceptors (Lipinski definition) is 7. The molecule has 2 aromatic heterocycles. The van der Waals surface area contributed by atoms with Gasteiger partial charge in [-0.05, 0) is 111 Å². The number of carbonyl (C=O) groups is 2. The summed E-state index contributed by atoms with van der Waals surface area (Å²) in [5.74, 6) is 1.99. The summed E-state index contributed by atoms with van der Waals surface area (Å²) in [5.41, 5.74) is 9.26. The first-order valence-electron chi connectivity index (χ1n) is 23.8. The van der Waals surface area contributed by atoms with E-state index in [1.807, 2.05) is 36.4 Å². The molecular weight excluding hydrogens is 807 g/mol. The maximum absolute atomic E-state index is 14.5. The Balaban J connectivity index is 0.939. The number of likely N-dealkylation sites (tertiary alicyclic amines) is 2. The van der Waals surface area contributed by atoms with E-state index in [4.69, 9.17) is 9.97 Å². The van der Waals surface area contributed by atoms with Crippen molar-refractivity contribution < 1.29 is 9.59 Å². The van der Waals surface area contributed by atoms with Gasteiger partial charge in [0.2, 0.25) is 11.8 Å². The van der Waals surface area contributed by atoms with E-state index in [1.54, 1.807) is 0 Å². The molecule has 2 aliphatic heterocycles. The van der Waals surface area contributed by atoms with Crippen LogP contribution in [-0.4, -0.2) is 90.6 Å². The minimum Gasteiger partial charge on any atom is -0.363 e. The Bertz CT molecular complexity index is 2510. The third-order valence-electron chi connectivity index (χ3n) is 13.8. The van der Waals surface area contributed by atoms with E-state index in [9.17, 15) is 9.59 Å². The van der Waals surface area contributed by atoms with Crippen molar-refractivity contribution in [1.29, 1.82) is 0 Å². The van der Waals surface area contributed by atoms with Crippen molar-refractivity contribution in [2.24, 2.45) is 0 Å². The summed E-state index contributed by atoms with van der Waals surface area (Å²) in [4.78, 5) is 57.5. The van der Waals surface area contributed by atoms with E-state index < -0.39 is 0 Å². The zero-order valence-electron chi connectivity index (χ0n) is 38.4. The Hall–Kier alpha value is -6.30. The first-order chi connectivity index (χ1) is 31.9. The number of aromatic amines is 2. The zero-order valence-corrected chi connectivity index (χ0v) is 38.4. The fourth-order valence-electron chi connectivity index (χ4n) is 10.4. The Morgan fingerprint density at radius 3 is 1.37 bits per heavy atom. The molecule has 11 heteroatoms. The minimum absolute atomic E-state index is 0.102. The third-order valence-corrected chi connectivity index (χ3v) is 13.8. The number of carbonyl (C=O) groups excluding carboxylic acids is 2. The monoisotopic (exact) mass is 870 g/mol. The number of benzene rings is 5. The number of rotatable bonds is 17. The molecule has 2 N–H and O–H groups in total. The molecule has 4 heterocycles. The Morgan fingerprint density at radius 2 is 0.969 bits per heavy atom. The Labute approximate surface area is 383 Å². The van der Waals surface area contributed by atoms with Gasteiger partial charge in [-0.2, -0.15) is 0 Å². The molecule has 0 saturated carbocycles. The summed E-state index contributed by atoms with van der Waals surface area (Å²) in [5, 5.41) is 0. The molecule has 0 aliphatic carbocycles. The van der Waals surface area contributed by atoms with Crippen LogP contribution in [0.25, 0.3) is 22.1 Å². The van der Waals surface area contributed by atoms with E-state index >= 15 is 0 Å². The number of fused-ring (bicyclic) bond motifs is 2. The molecule has 5 aromatic carbocycles. The van der Waals surface area contributed by atoms with Crippen LogP contribution in [-0.2, 0) is 22.7 Å². The van der Waals surface area contributed by atoms with Gasteiger partial charge in [0.1, 0.15) is 23.7 Å². The third kappa shape index (κ3) is 9.17. The summed E-state index contributed by atoms with van der Waals surface area (Å²) in [6, 6.07) is 43.1. The number of para-hydroxylation sites is 1. The molecule has 2 fully saturated rings. The number of H-pyrrole nitrogens is 2. The smallest absolute Gasteiger partial charge is 0.245 e. The average molecular weight is 870 g/mol. The van der Waals surface area contributed by atoms with Crippen LogP contribution in [0.5, 0.6) is 0 Å². The predicted molar refractivity (Wildman–Crippen MR) is 260 cm³/mol. The van der Waals surface area contributed by atoms with Crippen molar-refractivity contribution >= 4 is 39.6 Å². The van der Waals surface area contributed by atoms with Crippen LogP contribution in [0.4, 0.5) is 5.69 Å². The largest absolute Gasteiger partial charge is 0.363 e. The molecule has 9 rings (SSSR count). The second-order valence-corrected chi connectivity index (χ2v) is 17.6. The molecule has 7 aromatic rings. The molecule has 2 aliphatic rings. The topological polar surface area (TPSA) is 108 Å². The van der Waals surface area contributed by atoms with E-state index in [1.165, 1.54) is 0 Å². The summed E-state index contributed by atoms with van der Waals surface area (Å²) in [6.07, 6.45) is 3.65. The van der Waals surface area contributed by atoms with Crippen LogP contribution in [0.2, 0.25) is 0 Å². The summed E-state index contributed by atoms with van der Waals surface area (Å²) in [6.45, 7) is 14.5. The van der Waals surface area contributed by atoms with Gasteiger partial charge in [0.25, 0.3) is 0 Å². The predicted octanol–water partition coefficient (Wildman–Crippen LogP) is 10.1. The maximum Gasteiger partial charge on any atom is 0.245 e. The second kappa shape index (κ2) is 19.8. The van der Waals surface area contributed by atoms with Crippen molar-refractivity contribution in [3.05, 3.63) is 161 Å². The summed E-state index contributed by atoms with van der Waals surface area (Å²) in [7, 11) is 0. The highest BCUT2D eigenvalue weighted by molar-refractivity contribution is 5.85. The fraction of sp³-hybridized carbons (Fsp3) is 0.370. The van der Waals surface area contributed by atoms with Crippen LogP contribution < -0.4 is 4.90 Å². The number of nitrogens with one attached hydrogen (secondary N) is 2. The normalized spacial score (nSPS) is 17.4. The number of hydrogen-bond donors (Lipinski definition) is 2. The van der Waals surface area contributed by atoms with Crippen molar-refractivity contribution in [2.45, 2.75) is 90.6 Å². The Kier molecular flexibility index (Phi) is 13.4. The molecule has 11 nitrogen and oxygen atoms in total. The molecule has 336 valence electrons. The van der Waals surface area contributed by atoms with Gasteiger partial charge < -0.3 is 24.7 Å². The highest BCUT2D eigenvalue weighted by Gasteiger charge is 2.39. The summed E-state index contributed by atoms with van der Waals surface area (Å²) >= 11 is 0. The standard InChI is InChI=1S/C54H63N9O2/c1-5-59(6-2)49(40-20-12-9-13-21-40)53(64)62-32-18-26-47(62)51-55-43-30-28-38(34-45(43)57-51)36-61(42-24-16-11-17-25-42)37-39-29-31-44-46(35-39)58-52(56-44)48-27-19-33-63(48)54(65)50(60(7-3)8-4)41-22-14-10-15-23-41/h9-17,20-25,28-31,34-35,47-50H,5-8,18-19,26-27,32-33,36-37H2,1-4H3,(H,55,57)(H,56,58)/t47-,48-,49+,50+/m0/s1. The van der Waals surface area contributed by atoms with Crippen molar-refractivity contribution in [3.8, 4) is 0 Å². The Morgan fingerprint density at radius 1 is 0.569 bits per heavy atom. The lowest BCUT2D eigenvalue weighted by Crippen LogP contribution is -2.43. The van der Waals surface area contributed by atoms with Gasteiger partial charge in [-0.3, -0.25) is 19.4 Å². The molecule has 4 atom stereocenters. The van der Waals surface area contributed by atoms with Gasteiger partial charge in [0.15, 0.2) is 0 Å². The van der Waals surface area contributed by atoms with E-state index in [-0.39, 0.29) is 36.0 Å². The lowest BCUT2D eigenvalue weighted by atomic mass is 10.0. The second-order valence-electron chi connectivity index (χ2n) is 17.6. The summed E-state index contributed by atoms with van der Waals surface area (Å²) < 4.78 is 0. The number of likely N-dealkylation sites (N-methyl/N-ethyl adjacent to an activating group) is 2. The molecule has 0 bridgehead atoms. The van der Waals surface area contributed by atoms with Crippen molar-refractivity contribution in [2.75, 3.05) is 44.2 Å². The lowest BCUT2D eigenvalue weighted by Gasteiger charge is -2.34. The number of aromatic nitrogens is 4. The molecule has 2 amide bonds. The maximum atomic E-state index is 14.5. The first-order valence-corrected chi connectivity index (χ1v) is 23.8. The lowest BCUT2D eigenvalue weighted by molar-refractivity contribution is -0.139. The highest BCUT2D eigenvalue weighted by Crippen LogP contribution is 2.38. The highest BCUT2D eigenvalue weighted by atomic mass is 16.2. The van der Waals surface area contributed by atoms with Crippen LogP contribution in [0.3, 0.4) is 0 Å². The van der Waals surface area contributed by atoms with Crippen LogP contribution >= 0.6 is 0 Å². The van der Waals surface area contributed by atoms with Gasteiger partial charge in [-0.1, -0.05) is 119 Å². The fourth-order valence-corrected chi connectivity index (χ4v) is 10.4. The van der Waals surface area contributed by atoms with Gasteiger partial charge >= 0.3 is 0 Å². The van der Waals surface area contributed by atoms with Gasteiger partial charge in [-0.25, -0.2) is 9.97 Å². The van der Waals surface area contributed by atoms with Crippen molar-refractivity contribution in [1.82, 2.24) is 39.5 Å². The van der Waals surface area contributed by atoms with Crippen LogP contribution in [0, 0.1) is 0 Å². The number of nitrogens with zero attached hydrogens (tertiary/aromatic N) is 7. The van der Waals surface area contributed by atoms with Crippen LogP contribution in [0.1, 0.15) is 111 Å². The SMILES string of the molecule is CCN(CC)[C@@H](C(=O)N1CCC[C@H]1c1nc2cc(CN(Cc3ccc4[nH]c([C@@H]5CCCN5C(=O)[C@@H](c5ccccc5)N(CC)CC)nc4c3)c3ccccc3)ccc2[nH]1)c1ccccc1. The van der Waals surface area contributed by atoms with E-state index in [2.05, 4.69) is 153 Å². The molecule has 65 heavy (non-hydrogen) atoms.